The second-order valence-corrected chi connectivity index (χ2v) is 6.80. The highest BCUT2D eigenvalue weighted by molar-refractivity contribution is 7.91. The van der Waals surface area contributed by atoms with E-state index in [2.05, 4.69) is 0 Å². The van der Waals surface area contributed by atoms with E-state index in [9.17, 15) is 28.5 Å². The molecule has 0 radical (unpaired) electrons. The van der Waals surface area contributed by atoms with E-state index in [4.69, 9.17) is 5.11 Å². The van der Waals surface area contributed by atoms with Gasteiger partial charge in [0.15, 0.2) is 16.1 Å². The van der Waals surface area contributed by atoms with Gasteiger partial charge in [0.2, 0.25) is 0 Å². The van der Waals surface area contributed by atoms with Gasteiger partial charge in [0.05, 0.1) is 16.8 Å². The third-order valence-electron chi connectivity index (χ3n) is 3.00. The van der Waals surface area contributed by atoms with Crippen molar-refractivity contribution < 1.29 is 33.6 Å². The standard InChI is InChI=1S/C13H18O7S/c1-8-2-4-9(5-3-8)21(19,20)7-11(16)13(18)12(17)10(15)6-14/h2-6,10-13,15-18H,7H2,1H3/t10-,11+,12+,13-/m0/s1. The van der Waals surface area contributed by atoms with Gasteiger partial charge in [-0.1, -0.05) is 17.7 Å². The van der Waals surface area contributed by atoms with Crippen molar-refractivity contribution in [3.63, 3.8) is 0 Å². The average molecular weight is 318 g/mol. The summed E-state index contributed by atoms with van der Waals surface area (Å²) in [5, 5.41) is 37.7. The van der Waals surface area contributed by atoms with Gasteiger partial charge in [0.25, 0.3) is 0 Å². The van der Waals surface area contributed by atoms with E-state index in [1.165, 1.54) is 12.1 Å². The van der Waals surface area contributed by atoms with Crippen molar-refractivity contribution in [2.24, 2.45) is 0 Å². The summed E-state index contributed by atoms with van der Waals surface area (Å²) in [7, 11) is -3.88. The number of aliphatic hydroxyl groups is 4. The Kier molecular flexibility index (Phi) is 5.99. The van der Waals surface area contributed by atoms with Gasteiger partial charge in [-0.3, -0.25) is 0 Å². The summed E-state index contributed by atoms with van der Waals surface area (Å²) in [6.45, 7) is 1.78. The molecule has 0 aliphatic heterocycles. The van der Waals surface area contributed by atoms with Gasteiger partial charge in [-0.25, -0.2) is 8.42 Å². The predicted molar refractivity (Wildman–Crippen MR) is 73.3 cm³/mol. The smallest absolute Gasteiger partial charge is 0.181 e. The molecule has 1 aromatic carbocycles. The second-order valence-electron chi connectivity index (χ2n) is 4.77. The fourth-order valence-corrected chi connectivity index (χ4v) is 3.07. The zero-order valence-electron chi connectivity index (χ0n) is 11.3. The minimum atomic E-state index is -3.88. The molecule has 0 aliphatic carbocycles. The van der Waals surface area contributed by atoms with Crippen molar-refractivity contribution in [3.05, 3.63) is 29.8 Å². The van der Waals surface area contributed by atoms with Crippen LogP contribution in [0.4, 0.5) is 0 Å². The fourth-order valence-electron chi connectivity index (χ4n) is 1.68. The number of rotatable bonds is 7. The summed E-state index contributed by atoms with van der Waals surface area (Å²) < 4.78 is 24.1. The molecule has 1 rings (SSSR count). The number of aldehydes is 1. The molecule has 0 fully saturated rings. The lowest BCUT2D eigenvalue weighted by Crippen LogP contribution is -2.47. The molecular formula is C13H18O7S. The van der Waals surface area contributed by atoms with Crippen LogP contribution in [0.5, 0.6) is 0 Å². The lowest BCUT2D eigenvalue weighted by Gasteiger charge is -2.24. The van der Waals surface area contributed by atoms with Crippen LogP contribution >= 0.6 is 0 Å². The molecule has 0 spiro atoms. The SMILES string of the molecule is Cc1ccc(S(=O)(=O)C[C@@H](O)[C@H](O)[C@H](O)[C@@H](O)C=O)cc1. The Morgan fingerprint density at radius 3 is 2.05 bits per heavy atom. The van der Waals surface area contributed by atoms with Gasteiger partial charge in [0, 0.05) is 0 Å². The van der Waals surface area contributed by atoms with Crippen molar-refractivity contribution in [1.82, 2.24) is 0 Å². The number of carbonyl (C=O) groups is 1. The van der Waals surface area contributed by atoms with Crippen LogP contribution in [0.25, 0.3) is 0 Å². The Morgan fingerprint density at radius 1 is 1.05 bits per heavy atom. The van der Waals surface area contributed by atoms with E-state index in [-0.39, 0.29) is 11.2 Å². The van der Waals surface area contributed by atoms with Crippen molar-refractivity contribution in [2.75, 3.05) is 5.75 Å². The number of hydrogen-bond acceptors (Lipinski definition) is 7. The van der Waals surface area contributed by atoms with Gasteiger partial charge >= 0.3 is 0 Å². The number of aliphatic hydroxyl groups excluding tert-OH is 4. The van der Waals surface area contributed by atoms with E-state index in [1.807, 2.05) is 0 Å². The van der Waals surface area contributed by atoms with E-state index in [0.29, 0.717) is 0 Å². The summed E-state index contributed by atoms with van der Waals surface area (Å²) in [6.07, 6.45) is -7.71. The lowest BCUT2D eigenvalue weighted by atomic mass is 10.1. The summed E-state index contributed by atoms with van der Waals surface area (Å²) in [5.41, 5.74) is 0.860. The molecule has 4 N–H and O–H groups in total. The molecule has 0 aliphatic rings. The first-order valence-electron chi connectivity index (χ1n) is 6.16. The summed E-state index contributed by atoms with van der Waals surface area (Å²) in [6, 6.07) is 5.89. The van der Waals surface area contributed by atoms with Crippen LogP contribution in [-0.2, 0) is 14.6 Å². The Bertz CT molecular complexity index is 567. The number of sulfone groups is 1. The maximum absolute atomic E-state index is 12.0. The molecule has 7 nitrogen and oxygen atoms in total. The number of carbonyl (C=O) groups excluding carboxylic acids is 1. The molecule has 0 heterocycles. The van der Waals surface area contributed by atoms with Crippen LogP contribution in [0.2, 0.25) is 0 Å². The highest BCUT2D eigenvalue weighted by atomic mass is 32.2. The van der Waals surface area contributed by atoms with Crippen LogP contribution in [0.15, 0.2) is 29.2 Å². The minimum absolute atomic E-state index is 0.0188. The van der Waals surface area contributed by atoms with Gasteiger partial charge in [-0.05, 0) is 19.1 Å². The maximum atomic E-state index is 12.0. The maximum Gasteiger partial charge on any atom is 0.181 e. The van der Waals surface area contributed by atoms with Gasteiger partial charge < -0.3 is 25.2 Å². The topological polar surface area (TPSA) is 132 Å². The number of hydrogen-bond donors (Lipinski definition) is 4. The molecule has 21 heavy (non-hydrogen) atoms. The molecule has 0 unspecified atom stereocenters. The zero-order valence-corrected chi connectivity index (χ0v) is 12.1. The summed E-state index contributed by atoms with van der Waals surface area (Å²) in [5.74, 6) is -0.847. The molecule has 0 amide bonds. The Labute approximate surface area is 122 Å². The summed E-state index contributed by atoms with van der Waals surface area (Å²) >= 11 is 0. The average Bonchev–Trinajstić information content (AvgIpc) is 2.44. The zero-order chi connectivity index (χ0) is 16.2. The molecule has 4 atom stereocenters. The lowest BCUT2D eigenvalue weighted by molar-refractivity contribution is -0.132. The highest BCUT2D eigenvalue weighted by Crippen LogP contribution is 2.15. The third-order valence-corrected chi connectivity index (χ3v) is 4.77. The van der Waals surface area contributed by atoms with E-state index >= 15 is 0 Å². The summed E-state index contributed by atoms with van der Waals surface area (Å²) in [4.78, 5) is 10.3. The monoisotopic (exact) mass is 318 g/mol. The fraction of sp³-hybridized carbons (Fsp3) is 0.462. The van der Waals surface area contributed by atoms with E-state index in [0.717, 1.165) is 5.56 Å². The van der Waals surface area contributed by atoms with Gasteiger partial charge in [-0.2, -0.15) is 0 Å². The van der Waals surface area contributed by atoms with Gasteiger partial charge in [0.1, 0.15) is 18.3 Å². The van der Waals surface area contributed by atoms with E-state index in [1.54, 1.807) is 19.1 Å². The van der Waals surface area contributed by atoms with Crippen molar-refractivity contribution in [3.8, 4) is 0 Å². The van der Waals surface area contributed by atoms with E-state index < -0.39 is 40.0 Å². The molecule has 8 heteroatoms. The normalized spacial score (nSPS) is 17.8. The van der Waals surface area contributed by atoms with Crippen LogP contribution < -0.4 is 0 Å². The first-order valence-corrected chi connectivity index (χ1v) is 7.81. The molecule has 1 aromatic rings. The largest absolute Gasteiger partial charge is 0.389 e. The first kappa shape index (κ1) is 17.7. The molecule has 0 bridgehead atoms. The minimum Gasteiger partial charge on any atom is -0.389 e. The van der Waals surface area contributed by atoms with Gasteiger partial charge in [-0.15, -0.1) is 0 Å². The second kappa shape index (κ2) is 7.10. The molecular weight excluding hydrogens is 300 g/mol. The van der Waals surface area contributed by atoms with Crippen LogP contribution in [-0.4, -0.2) is 65.3 Å². The van der Waals surface area contributed by atoms with Crippen molar-refractivity contribution in [2.45, 2.75) is 36.2 Å². The van der Waals surface area contributed by atoms with Crippen LogP contribution in [0, 0.1) is 6.92 Å². The Balaban J connectivity index is 2.83. The number of benzene rings is 1. The molecule has 0 saturated carbocycles. The van der Waals surface area contributed by atoms with Crippen molar-refractivity contribution >= 4 is 16.1 Å². The first-order chi connectivity index (χ1) is 9.69. The Hall–Kier alpha value is -1.32. The highest BCUT2D eigenvalue weighted by Gasteiger charge is 2.33. The third kappa shape index (κ3) is 4.58. The van der Waals surface area contributed by atoms with Crippen LogP contribution in [0.3, 0.4) is 0 Å². The number of aryl methyl sites for hydroxylation is 1. The van der Waals surface area contributed by atoms with Crippen LogP contribution in [0.1, 0.15) is 5.56 Å². The molecule has 0 saturated heterocycles. The molecule has 0 aromatic heterocycles. The quantitative estimate of drug-likeness (QED) is 0.446. The molecule has 118 valence electrons. The predicted octanol–water partition coefficient (Wildman–Crippen LogP) is -1.59. The van der Waals surface area contributed by atoms with Crippen molar-refractivity contribution in [1.29, 1.82) is 0 Å². The Morgan fingerprint density at radius 2 is 1.57 bits per heavy atom.